The van der Waals surface area contributed by atoms with Crippen molar-refractivity contribution >= 4 is 34.3 Å². The van der Waals surface area contributed by atoms with Gasteiger partial charge in [-0.05, 0) is 35.7 Å². The molecule has 2 aromatic heterocycles. The summed E-state index contributed by atoms with van der Waals surface area (Å²) in [6.45, 7) is 4.28. The van der Waals surface area contributed by atoms with E-state index in [-0.39, 0.29) is 11.7 Å². The van der Waals surface area contributed by atoms with Gasteiger partial charge in [0.05, 0.1) is 12.9 Å². The molecular formula is C23H24N4O3S. The molecule has 160 valence electrons. The molecule has 2 aromatic carbocycles. The molecule has 31 heavy (non-hydrogen) atoms. The van der Waals surface area contributed by atoms with Crippen LogP contribution in [0.25, 0.3) is 22.6 Å². The van der Waals surface area contributed by atoms with Gasteiger partial charge in [-0.15, -0.1) is 10.2 Å². The number of nitrogens with zero attached hydrogens (tertiary/aromatic N) is 3. The maximum Gasteiger partial charge on any atom is 0.234 e. The third kappa shape index (κ3) is 4.44. The average molecular weight is 437 g/mol. The summed E-state index contributed by atoms with van der Waals surface area (Å²) < 4.78 is 13.1. The molecule has 0 aliphatic rings. The van der Waals surface area contributed by atoms with Crippen molar-refractivity contribution in [1.29, 1.82) is 0 Å². The average Bonchev–Trinajstić information content (AvgIpc) is 3.35. The van der Waals surface area contributed by atoms with Crippen molar-refractivity contribution in [1.82, 2.24) is 14.8 Å². The first-order valence-corrected chi connectivity index (χ1v) is 10.9. The first-order chi connectivity index (χ1) is 15.0. The first-order valence-electron chi connectivity index (χ1n) is 9.95. The standard InChI is InChI=1S/C23H24N4O3S/c1-14(2)15-8-10-17(11-9-15)24-20(28)13-31-23-26-25-22(27(23)3)19-12-16-6-5-7-18(29-4)21(16)30-19/h5-12,14H,13H2,1-4H3,(H,24,28). The Labute approximate surface area is 184 Å². The maximum atomic E-state index is 12.4. The number of anilines is 1. The fourth-order valence-electron chi connectivity index (χ4n) is 3.24. The molecule has 0 atom stereocenters. The van der Waals surface area contributed by atoms with Crippen LogP contribution >= 0.6 is 11.8 Å². The number of nitrogens with one attached hydrogen (secondary N) is 1. The van der Waals surface area contributed by atoms with Gasteiger partial charge in [0.2, 0.25) is 5.91 Å². The van der Waals surface area contributed by atoms with E-state index in [4.69, 9.17) is 9.15 Å². The lowest BCUT2D eigenvalue weighted by Gasteiger charge is -2.08. The number of methoxy groups -OCH3 is 1. The number of hydrogen-bond acceptors (Lipinski definition) is 6. The van der Waals surface area contributed by atoms with E-state index in [0.29, 0.717) is 34.0 Å². The van der Waals surface area contributed by atoms with Gasteiger partial charge in [-0.3, -0.25) is 4.79 Å². The van der Waals surface area contributed by atoms with Gasteiger partial charge < -0.3 is 19.0 Å². The highest BCUT2D eigenvalue weighted by Crippen LogP contribution is 2.33. The molecule has 1 N–H and O–H groups in total. The molecule has 8 heteroatoms. The molecule has 0 aliphatic heterocycles. The molecule has 0 fully saturated rings. The van der Waals surface area contributed by atoms with Crippen LogP contribution in [0.1, 0.15) is 25.3 Å². The van der Waals surface area contributed by atoms with Crippen LogP contribution in [0.15, 0.2) is 58.1 Å². The van der Waals surface area contributed by atoms with Crippen LogP contribution in [0.2, 0.25) is 0 Å². The van der Waals surface area contributed by atoms with E-state index >= 15 is 0 Å². The SMILES string of the molecule is COc1cccc2cc(-c3nnc(SCC(=O)Nc4ccc(C(C)C)cc4)n3C)oc12. The summed E-state index contributed by atoms with van der Waals surface area (Å²) in [6.07, 6.45) is 0. The minimum Gasteiger partial charge on any atom is -0.493 e. The Morgan fingerprint density at radius 1 is 1.19 bits per heavy atom. The smallest absolute Gasteiger partial charge is 0.234 e. The molecule has 2 heterocycles. The highest BCUT2D eigenvalue weighted by Gasteiger charge is 2.18. The number of benzene rings is 2. The van der Waals surface area contributed by atoms with Crippen molar-refractivity contribution in [3.05, 3.63) is 54.1 Å². The van der Waals surface area contributed by atoms with Crippen molar-refractivity contribution in [2.75, 3.05) is 18.2 Å². The summed E-state index contributed by atoms with van der Waals surface area (Å²) in [4.78, 5) is 12.4. The van der Waals surface area contributed by atoms with Gasteiger partial charge >= 0.3 is 0 Å². The second-order valence-corrected chi connectivity index (χ2v) is 8.41. The van der Waals surface area contributed by atoms with E-state index in [1.165, 1.54) is 17.3 Å². The molecule has 4 aromatic rings. The van der Waals surface area contributed by atoms with Gasteiger partial charge in [-0.25, -0.2) is 0 Å². The topological polar surface area (TPSA) is 82.2 Å². The van der Waals surface area contributed by atoms with Gasteiger partial charge in [0, 0.05) is 18.1 Å². The van der Waals surface area contributed by atoms with E-state index in [0.717, 1.165) is 11.1 Å². The lowest BCUT2D eigenvalue weighted by molar-refractivity contribution is -0.113. The lowest BCUT2D eigenvalue weighted by atomic mass is 10.0. The predicted octanol–water partition coefficient (Wildman–Crippen LogP) is 5.09. The van der Waals surface area contributed by atoms with Crippen LogP contribution in [0.5, 0.6) is 5.75 Å². The molecular weight excluding hydrogens is 412 g/mol. The Morgan fingerprint density at radius 3 is 2.68 bits per heavy atom. The van der Waals surface area contributed by atoms with Crippen LogP contribution in [0, 0.1) is 0 Å². The zero-order valence-electron chi connectivity index (χ0n) is 17.9. The van der Waals surface area contributed by atoms with Crippen molar-refractivity contribution in [2.45, 2.75) is 24.9 Å². The number of carbonyl (C=O) groups excluding carboxylic acids is 1. The summed E-state index contributed by atoms with van der Waals surface area (Å²) in [5.41, 5.74) is 2.69. The van der Waals surface area contributed by atoms with Gasteiger partial charge in [-0.2, -0.15) is 0 Å². The third-order valence-corrected chi connectivity index (χ3v) is 6.00. The fourth-order valence-corrected chi connectivity index (χ4v) is 3.95. The summed E-state index contributed by atoms with van der Waals surface area (Å²) in [6, 6.07) is 15.5. The van der Waals surface area contributed by atoms with Crippen molar-refractivity contribution < 1.29 is 13.9 Å². The van der Waals surface area contributed by atoms with Crippen molar-refractivity contribution in [3.8, 4) is 17.3 Å². The molecule has 4 rings (SSSR count). The quantitative estimate of drug-likeness (QED) is 0.406. The van der Waals surface area contributed by atoms with Crippen molar-refractivity contribution in [3.63, 3.8) is 0 Å². The number of carbonyl (C=O) groups is 1. The van der Waals surface area contributed by atoms with Gasteiger partial charge in [0.25, 0.3) is 0 Å². The Balaban J connectivity index is 1.43. The Bertz CT molecular complexity index is 1210. The van der Waals surface area contributed by atoms with E-state index in [1.807, 2.05) is 60.1 Å². The highest BCUT2D eigenvalue weighted by molar-refractivity contribution is 7.99. The second kappa shape index (κ2) is 8.85. The normalized spacial score (nSPS) is 11.3. The van der Waals surface area contributed by atoms with Gasteiger partial charge in [-0.1, -0.05) is 49.9 Å². The third-order valence-electron chi connectivity index (χ3n) is 4.98. The number of rotatable bonds is 7. The maximum absolute atomic E-state index is 12.4. The largest absolute Gasteiger partial charge is 0.493 e. The molecule has 7 nitrogen and oxygen atoms in total. The van der Waals surface area contributed by atoms with Crippen LogP contribution in [0.4, 0.5) is 5.69 Å². The number of fused-ring (bicyclic) bond motifs is 1. The fraction of sp³-hybridized carbons (Fsp3) is 0.261. The number of para-hydroxylation sites is 1. The summed E-state index contributed by atoms with van der Waals surface area (Å²) in [5, 5.41) is 12.9. The number of amides is 1. The van der Waals surface area contributed by atoms with Crippen LogP contribution in [-0.2, 0) is 11.8 Å². The van der Waals surface area contributed by atoms with Crippen LogP contribution < -0.4 is 10.1 Å². The molecule has 0 spiro atoms. The van der Waals surface area contributed by atoms with Crippen LogP contribution in [-0.4, -0.2) is 33.5 Å². The van der Waals surface area contributed by atoms with E-state index < -0.39 is 0 Å². The monoisotopic (exact) mass is 436 g/mol. The van der Waals surface area contributed by atoms with Crippen LogP contribution in [0.3, 0.4) is 0 Å². The zero-order chi connectivity index (χ0) is 22.0. The zero-order valence-corrected chi connectivity index (χ0v) is 18.7. The molecule has 0 saturated heterocycles. The van der Waals surface area contributed by atoms with Crippen molar-refractivity contribution in [2.24, 2.45) is 7.05 Å². The minimum absolute atomic E-state index is 0.0969. The Kier molecular flexibility index (Phi) is 5.99. The molecule has 0 unspecified atom stereocenters. The minimum atomic E-state index is -0.0969. The number of ether oxygens (including phenoxy) is 1. The van der Waals surface area contributed by atoms with Gasteiger partial charge in [0.1, 0.15) is 0 Å². The molecule has 0 saturated carbocycles. The number of hydrogen-bond donors (Lipinski definition) is 1. The number of thioether (sulfide) groups is 1. The predicted molar refractivity (Wildman–Crippen MR) is 123 cm³/mol. The van der Waals surface area contributed by atoms with E-state index in [9.17, 15) is 4.79 Å². The molecule has 1 amide bonds. The van der Waals surface area contributed by atoms with E-state index in [2.05, 4.69) is 29.4 Å². The second-order valence-electron chi connectivity index (χ2n) is 7.47. The first kappa shape index (κ1) is 21.0. The lowest BCUT2D eigenvalue weighted by Crippen LogP contribution is -2.14. The summed E-state index contributed by atoms with van der Waals surface area (Å²) in [5.74, 6) is 2.44. The van der Waals surface area contributed by atoms with E-state index in [1.54, 1.807) is 7.11 Å². The number of furan rings is 1. The van der Waals surface area contributed by atoms with Gasteiger partial charge in [0.15, 0.2) is 28.1 Å². The Morgan fingerprint density at radius 2 is 1.97 bits per heavy atom. The highest BCUT2D eigenvalue weighted by atomic mass is 32.2. The molecule has 0 radical (unpaired) electrons. The molecule has 0 bridgehead atoms. The summed E-state index contributed by atoms with van der Waals surface area (Å²) >= 11 is 1.32. The number of aromatic nitrogens is 3. The summed E-state index contributed by atoms with van der Waals surface area (Å²) in [7, 11) is 3.46. The Hall–Kier alpha value is -3.26. The molecule has 0 aliphatic carbocycles.